The fourth-order valence-corrected chi connectivity index (χ4v) is 3.87. The molecule has 1 atom stereocenters. The third-order valence-electron chi connectivity index (χ3n) is 3.76. The second-order valence-corrected chi connectivity index (χ2v) is 7.00. The molecule has 1 aliphatic heterocycles. The molecule has 1 aromatic carbocycles. The molecule has 1 heterocycles. The van der Waals surface area contributed by atoms with Crippen LogP contribution < -0.4 is 10.5 Å². The van der Waals surface area contributed by atoms with Crippen LogP contribution in [0.1, 0.15) is 6.92 Å². The van der Waals surface area contributed by atoms with Crippen molar-refractivity contribution in [2.75, 3.05) is 39.5 Å². The number of hydrogen-bond donors (Lipinski definition) is 1. The summed E-state index contributed by atoms with van der Waals surface area (Å²) in [5.74, 6) is 0.549. The van der Waals surface area contributed by atoms with Crippen molar-refractivity contribution in [3.05, 3.63) is 18.2 Å². The number of nitrogen functional groups attached to an aromatic ring is 1. The Bertz CT molecular complexity index is 589. The summed E-state index contributed by atoms with van der Waals surface area (Å²) in [4.78, 5) is 2.29. The van der Waals surface area contributed by atoms with Crippen LogP contribution in [-0.4, -0.2) is 57.5 Å². The molecule has 1 unspecified atom stereocenters. The van der Waals surface area contributed by atoms with E-state index < -0.39 is 10.0 Å². The van der Waals surface area contributed by atoms with E-state index in [0.29, 0.717) is 18.8 Å². The van der Waals surface area contributed by atoms with E-state index in [1.54, 1.807) is 6.07 Å². The van der Waals surface area contributed by atoms with E-state index in [1.807, 2.05) is 14.0 Å². The smallest absolute Gasteiger partial charge is 0.245 e. The highest BCUT2D eigenvalue weighted by molar-refractivity contribution is 7.89. The van der Waals surface area contributed by atoms with E-state index in [9.17, 15) is 8.42 Å². The first-order chi connectivity index (χ1) is 9.36. The van der Waals surface area contributed by atoms with Gasteiger partial charge in [0.2, 0.25) is 10.0 Å². The number of anilines is 1. The zero-order valence-electron chi connectivity index (χ0n) is 12.0. The van der Waals surface area contributed by atoms with Gasteiger partial charge < -0.3 is 15.4 Å². The highest BCUT2D eigenvalue weighted by Gasteiger charge is 2.32. The molecule has 0 saturated carbocycles. The summed E-state index contributed by atoms with van der Waals surface area (Å²) in [6.45, 7) is 3.69. The van der Waals surface area contributed by atoms with E-state index >= 15 is 0 Å². The fourth-order valence-electron chi connectivity index (χ4n) is 2.26. The van der Waals surface area contributed by atoms with Gasteiger partial charge >= 0.3 is 0 Å². The SMILES string of the molecule is COc1ccc(S(=O)(=O)N2CCN(C)C(C)C2)c(N)c1. The van der Waals surface area contributed by atoms with Gasteiger partial charge in [0.1, 0.15) is 10.6 Å². The first-order valence-electron chi connectivity index (χ1n) is 6.50. The second-order valence-electron chi connectivity index (χ2n) is 5.10. The van der Waals surface area contributed by atoms with Crippen molar-refractivity contribution in [1.29, 1.82) is 0 Å². The molecule has 0 radical (unpaired) electrons. The van der Waals surface area contributed by atoms with Crippen LogP contribution in [0.15, 0.2) is 23.1 Å². The van der Waals surface area contributed by atoms with Crippen molar-refractivity contribution in [1.82, 2.24) is 9.21 Å². The lowest BCUT2D eigenvalue weighted by Crippen LogP contribution is -2.51. The number of hydrogen-bond acceptors (Lipinski definition) is 5. The van der Waals surface area contributed by atoms with Crippen LogP contribution in [0.2, 0.25) is 0 Å². The molecule has 1 fully saturated rings. The summed E-state index contributed by atoms with van der Waals surface area (Å²) in [5, 5.41) is 0. The van der Waals surface area contributed by atoms with Gasteiger partial charge in [0, 0.05) is 31.7 Å². The Kier molecular flexibility index (Phi) is 4.22. The van der Waals surface area contributed by atoms with Gasteiger partial charge in [0.05, 0.1) is 12.8 Å². The Morgan fingerprint density at radius 2 is 2.05 bits per heavy atom. The zero-order valence-corrected chi connectivity index (χ0v) is 12.9. The Morgan fingerprint density at radius 3 is 2.60 bits per heavy atom. The third kappa shape index (κ3) is 2.74. The number of nitrogens with two attached hydrogens (primary N) is 1. The lowest BCUT2D eigenvalue weighted by molar-refractivity contribution is 0.159. The maximum atomic E-state index is 12.6. The fraction of sp³-hybridized carbons (Fsp3) is 0.538. The van der Waals surface area contributed by atoms with Crippen LogP contribution in [0, 0.1) is 0 Å². The molecule has 0 aliphatic carbocycles. The van der Waals surface area contributed by atoms with Gasteiger partial charge in [-0.25, -0.2) is 8.42 Å². The highest BCUT2D eigenvalue weighted by atomic mass is 32.2. The summed E-state index contributed by atoms with van der Waals surface area (Å²) in [6.07, 6.45) is 0. The monoisotopic (exact) mass is 299 g/mol. The Morgan fingerprint density at radius 1 is 1.35 bits per heavy atom. The van der Waals surface area contributed by atoms with Crippen molar-refractivity contribution in [3.8, 4) is 5.75 Å². The van der Waals surface area contributed by atoms with Crippen LogP contribution in [0.5, 0.6) is 5.75 Å². The van der Waals surface area contributed by atoms with E-state index in [0.717, 1.165) is 6.54 Å². The largest absolute Gasteiger partial charge is 0.497 e. The van der Waals surface area contributed by atoms with Crippen LogP contribution in [-0.2, 0) is 10.0 Å². The Balaban J connectivity index is 2.31. The van der Waals surface area contributed by atoms with Crippen molar-refractivity contribution in [2.24, 2.45) is 0 Å². The van der Waals surface area contributed by atoms with Crippen molar-refractivity contribution >= 4 is 15.7 Å². The number of ether oxygens (including phenoxy) is 1. The topological polar surface area (TPSA) is 75.9 Å². The lowest BCUT2D eigenvalue weighted by Gasteiger charge is -2.36. The number of benzene rings is 1. The van der Waals surface area contributed by atoms with Crippen molar-refractivity contribution in [3.63, 3.8) is 0 Å². The molecule has 20 heavy (non-hydrogen) atoms. The average Bonchev–Trinajstić information content (AvgIpc) is 2.41. The number of nitrogens with zero attached hydrogens (tertiary/aromatic N) is 2. The predicted molar refractivity (Wildman–Crippen MR) is 78.3 cm³/mol. The molecule has 6 nitrogen and oxygen atoms in total. The molecule has 0 spiro atoms. The number of rotatable bonds is 3. The molecule has 2 N–H and O–H groups in total. The van der Waals surface area contributed by atoms with E-state index in [1.165, 1.54) is 23.5 Å². The maximum absolute atomic E-state index is 12.6. The van der Waals surface area contributed by atoms with Crippen LogP contribution in [0.25, 0.3) is 0 Å². The second kappa shape index (κ2) is 5.59. The van der Waals surface area contributed by atoms with Gasteiger partial charge in [0.15, 0.2) is 0 Å². The van der Waals surface area contributed by atoms with Crippen molar-refractivity contribution in [2.45, 2.75) is 17.9 Å². The zero-order chi connectivity index (χ0) is 14.9. The molecule has 0 bridgehead atoms. The maximum Gasteiger partial charge on any atom is 0.245 e. The van der Waals surface area contributed by atoms with Gasteiger partial charge in [-0.1, -0.05) is 0 Å². The van der Waals surface area contributed by atoms with Crippen LogP contribution in [0.4, 0.5) is 5.69 Å². The number of piperazine rings is 1. The minimum atomic E-state index is -3.55. The van der Waals surface area contributed by atoms with Crippen LogP contribution in [0.3, 0.4) is 0 Å². The van der Waals surface area contributed by atoms with Gasteiger partial charge in [0.25, 0.3) is 0 Å². The molecule has 0 amide bonds. The number of methoxy groups -OCH3 is 1. The average molecular weight is 299 g/mol. The number of likely N-dealkylation sites (N-methyl/N-ethyl adjacent to an activating group) is 1. The third-order valence-corrected chi connectivity index (χ3v) is 5.70. The van der Waals surface area contributed by atoms with Gasteiger partial charge in [-0.3, -0.25) is 0 Å². The van der Waals surface area contributed by atoms with Gasteiger partial charge in [-0.2, -0.15) is 4.31 Å². The molecule has 0 aromatic heterocycles. The first kappa shape index (κ1) is 15.1. The first-order valence-corrected chi connectivity index (χ1v) is 7.94. The van der Waals surface area contributed by atoms with E-state index in [2.05, 4.69) is 4.90 Å². The molecule has 1 aromatic rings. The molecule has 1 aliphatic rings. The summed E-state index contributed by atoms with van der Waals surface area (Å²) < 4.78 is 31.8. The molecule has 2 rings (SSSR count). The summed E-state index contributed by atoms with van der Waals surface area (Å²) in [7, 11) is -0.0326. The lowest BCUT2D eigenvalue weighted by atomic mass is 10.2. The van der Waals surface area contributed by atoms with Crippen LogP contribution >= 0.6 is 0 Å². The summed E-state index contributed by atoms with van der Waals surface area (Å²) in [5.41, 5.74) is 6.07. The Labute approximate surface area is 120 Å². The molecule has 112 valence electrons. The van der Waals surface area contributed by atoms with Gasteiger partial charge in [-0.15, -0.1) is 0 Å². The molecular formula is C13H21N3O3S. The highest BCUT2D eigenvalue weighted by Crippen LogP contribution is 2.27. The molecule has 1 saturated heterocycles. The molecular weight excluding hydrogens is 278 g/mol. The summed E-state index contributed by atoms with van der Waals surface area (Å²) >= 11 is 0. The quantitative estimate of drug-likeness (QED) is 0.827. The molecule has 7 heteroatoms. The normalized spacial score (nSPS) is 21.9. The van der Waals surface area contributed by atoms with Crippen molar-refractivity contribution < 1.29 is 13.2 Å². The summed E-state index contributed by atoms with van der Waals surface area (Å²) in [6, 6.07) is 4.85. The minimum absolute atomic E-state index is 0.148. The predicted octanol–water partition coefficient (Wildman–Crippen LogP) is 0.602. The Hall–Kier alpha value is -1.31. The number of sulfonamides is 1. The minimum Gasteiger partial charge on any atom is -0.497 e. The van der Waals surface area contributed by atoms with E-state index in [-0.39, 0.29) is 16.6 Å². The van der Waals surface area contributed by atoms with E-state index in [4.69, 9.17) is 10.5 Å². The standard InChI is InChI=1S/C13H21N3O3S/c1-10-9-16(7-6-15(10)2)20(17,18)13-5-4-11(19-3)8-12(13)14/h4-5,8,10H,6-7,9,14H2,1-3H3. The van der Waals surface area contributed by atoms with Gasteiger partial charge in [-0.05, 0) is 26.1 Å².